The van der Waals surface area contributed by atoms with Gasteiger partial charge in [-0.15, -0.1) is 0 Å². The van der Waals surface area contributed by atoms with Crippen LogP contribution in [0.15, 0.2) is 36.4 Å². The molecular formula is C13H17NO4P+. The first kappa shape index (κ1) is 14.0. The Hall–Kier alpha value is -1.39. The van der Waals surface area contributed by atoms with Crippen LogP contribution in [0.1, 0.15) is 0 Å². The highest BCUT2D eigenvalue weighted by molar-refractivity contribution is 7.47. The van der Waals surface area contributed by atoms with Gasteiger partial charge in [-0.1, -0.05) is 24.3 Å². The van der Waals surface area contributed by atoms with Crippen molar-refractivity contribution in [1.82, 2.24) is 0 Å². The van der Waals surface area contributed by atoms with Crippen molar-refractivity contribution in [1.29, 1.82) is 0 Å². The van der Waals surface area contributed by atoms with E-state index in [1.807, 2.05) is 38.4 Å². The molecule has 2 aromatic carbocycles. The number of nitrogens with one attached hydrogen (secondary N) is 1. The zero-order chi connectivity index (χ0) is 14.0. The quantitative estimate of drug-likeness (QED) is 0.839. The molecule has 0 amide bonds. The van der Waals surface area contributed by atoms with Gasteiger partial charge in [0.2, 0.25) is 0 Å². The summed E-state index contributed by atoms with van der Waals surface area (Å²) < 4.78 is 21.2. The van der Waals surface area contributed by atoms with Crippen LogP contribution >= 0.6 is 7.82 Å². The summed E-state index contributed by atoms with van der Waals surface area (Å²) in [6.45, 7) is 0. The fourth-order valence-electron chi connectivity index (χ4n) is 1.96. The van der Waals surface area contributed by atoms with Crippen molar-refractivity contribution >= 4 is 24.3 Å². The van der Waals surface area contributed by atoms with E-state index in [9.17, 15) is 9.46 Å². The lowest BCUT2D eigenvalue weighted by Gasteiger charge is -2.15. The zero-order valence-corrected chi connectivity index (χ0v) is 12.0. The largest absolute Gasteiger partial charge is 0.527 e. The molecule has 0 fully saturated rings. The molecule has 1 atom stereocenters. The Morgan fingerprint density at radius 3 is 2.37 bits per heavy atom. The van der Waals surface area contributed by atoms with Crippen molar-refractivity contribution in [2.24, 2.45) is 0 Å². The second-order valence-corrected chi connectivity index (χ2v) is 5.89. The summed E-state index contributed by atoms with van der Waals surface area (Å²) in [5, 5.41) is 1.77. The minimum atomic E-state index is -4.06. The van der Waals surface area contributed by atoms with Gasteiger partial charge in [0.05, 0.1) is 19.5 Å². The average molecular weight is 282 g/mol. The molecule has 5 nitrogen and oxygen atoms in total. The lowest BCUT2D eigenvalue weighted by molar-refractivity contribution is -0.785. The van der Waals surface area contributed by atoms with E-state index < -0.39 is 7.82 Å². The third-order valence-electron chi connectivity index (χ3n) is 2.85. The topological polar surface area (TPSA) is 60.2 Å². The number of hydrogen-bond acceptors (Lipinski definition) is 3. The second kappa shape index (κ2) is 5.31. The molecule has 0 saturated heterocycles. The molecule has 2 aromatic rings. The smallest absolute Gasteiger partial charge is 0.403 e. The van der Waals surface area contributed by atoms with E-state index in [2.05, 4.69) is 4.52 Å². The Morgan fingerprint density at radius 2 is 1.79 bits per heavy atom. The van der Waals surface area contributed by atoms with E-state index in [0.29, 0.717) is 5.75 Å². The summed E-state index contributed by atoms with van der Waals surface area (Å²) in [6.07, 6.45) is 0. The standard InChI is InChI=1S/C13H16NO4P/c1-14(2)11-8-4-6-10-7-5-9-12(13(10)11)18-19(15,16)17-3/h4-9H,1-3H3,(H,15,16)/p+1. The second-order valence-electron chi connectivity index (χ2n) is 4.40. The minimum Gasteiger partial charge on any atom is -0.403 e. The monoisotopic (exact) mass is 282 g/mol. The number of quaternary nitrogens is 1. The Bertz CT molecular complexity index is 636. The van der Waals surface area contributed by atoms with Gasteiger partial charge in [0.25, 0.3) is 0 Å². The van der Waals surface area contributed by atoms with Crippen LogP contribution in [0.2, 0.25) is 0 Å². The van der Waals surface area contributed by atoms with E-state index in [0.717, 1.165) is 28.5 Å². The van der Waals surface area contributed by atoms with Gasteiger partial charge < -0.3 is 9.42 Å². The molecule has 19 heavy (non-hydrogen) atoms. The van der Waals surface area contributed by atoms with Gasteiger partial charge in [-0.2, -0.15) is 0 Å². The summed E-state index contributed by atoms with van der Waals surface area (Å²) in [7, 11) is 1.06. The number of fused-ring (bicyclic) bond motifs is 1. The zero-order valence-electron chi connectivity index (χ0n) is 11.1. The van der Waals surface area contributed by atoms with Crippen LogP contribution in [0.3, 0.4) is 0 Å². The molecule has 1 unspecified atom stereocenters. The maximum atomic E-state index is 11.6. The maximum absolute atomic E-state index is 11.6. The molecule has 0 aliphatic carbocycles. The predicted molar refractivity (Wildman–Crippen MR) is 73.9 cm³/mol. The molecule has 0 bridgehead atoms. The molecule has 0 spiro atoms. The van der Waals surface area contributed by atoms with Crippen LogP contribution in [0.4, 0.5) is 5.69 Å². The number of hydrogen-bond donors (Lipinski definition) is 2. The third kappa shape index (κ3) is 2.96. The molecular weight excluding hydrogens is 265 g/mol. The van der Waals surface area contributed by atoms with Gasteiger partial charge in [0.1, 0.15) is 11.4 Å². The number of phosphoric acid groups is 1. The fraction of sp³-hybridized carbons (Fsp3) is 0.231. The van der Waals surface area contributed by atoms with Crippen LogP contribution in [0.5, 0.6) is 5.75 Å². The Morgan fingerprint density at radius 1 is 1.16 bits per heavy atom. The molecule has 0 aromatic heterocycles. The first-order valence-electron chi connectivity index (χ1n) is 5.85. The highest BCUT2D eigenvalue weighted by atomic mass is 31.2. The molecule has 0 radical (unpaired) electrons. The van der Waals surface area contributed by atoms with Crippen LogP contribution < -0.4 is 9.42 Å². The van der Waals surface area contributed by atoms with Crippen molar-refractivity contribution in [2.45, 2.75) is 0 Å². The van der Waals surface area contributed by atoms with Crippen LogP contribution in [0.25, 0.3) is 10.8 Å². The normalized spacial score (nSPS) is 14.6. The number of rotatable bonds is 4. The summed E-state index contributed by atoms with van der Waals surface area (Å²) in [5.41, 5.74) is 0.990. The van der Waals surface area contributed by atoms with Gasteiger partial charge in [-0.25, -0.2) is 4.57 Å². The maximum Gasteiger partial charge on any atom is 0.527 e. The minimum absolute atomic E-state index is 0.349. The van der Waals surface area contributed by atoms with E-state index in [-0.39, 0.29) is 0 Å². The summed E-state index contributed by atoms with van der Waals surface area (Å²) in [6, 6.07) is 11.2. The van der Waals surface area contributed by atoms with Crippen molar-refractivity contribution in [2.75, 3.05) is 21.2 Å². The highest BCUT2D eigenvalue weighted by Gasteiger charge is 2.23. The lowest BCUT2D eigenvalue weighted by atomic mass is 10.1. The Kier molecular flexibility index (Phi) is 3.92. The van der Waals surface area contributed by atoms with Crippen molar-refractivity contribution in [3.05, 3.63) is 36.4 Å². The molecule has 2 rings (SSSR count). The molecule has 102 valence electrons. The number of phosphoric ester groups is 1. The van der Waals surface area contributed by atoms with E-state index in [1.54, 1.807) is 12.1 Å². The van der Waals surface area contributed by atoms with Gasteiger partial charge in [-0.05, 0) is 17.5 Å². The summed E-state index contributed by atoms with van der Waals surface area (Å²) in [5.74, 6) is 0.349. The molecule has 0 aliphatic heterocycles. The third-order valence-corrected chi connectivity index (χ3v) is 3.74. The summed E-state index contributed by atoms with van der Waals surface area (Å²) >= 11 is 0. The highest BCUT2D eigenvalue weighted by Crippen LogP contribution is 2.45. The first-order valence-corrected chi connectivity index (χ1v) is 7.34. The molecule has 2 N–H and O–H groups in total. The van der Waals surface area contributed by atoms with E-state index in [4.69, 9.17) is 4.52 Å². The van der Waals surface area contributed by atoms with Gasteiger partial charge >= 0.3 is 7.82 Å². The van der Waals surface area contributed by atoms with Gasteiger partial charge in [0.15, 0.2) is 0 Å². The van der Waals surface area contributed by atoms with Crippen molar-refractivity contribution < 1.29 is 23.4 Å². The van der Waals surface area contributed by atoms with Crippen molar-refractivity contribution in [3.8, 4) is 5.75 Å². The molecule has 6 heteroatoms. The van der Waals surface area contributed by atoms with Crippen LogP contribution in [-0.2, 0) is 9.09 Å². The van der Waals surface area contributed by atoms with Gasteiger partial charge in [0, 0.05) is 7.11 Å². The van der Waals surface area contributed by atoms with E-state index >= 15 is 0 Å². The SMILES string of the molecule is COP(=O)(O)Oc1cccc2cccc([NH+](C)C)c12. The lowest BCUT2D eigenvalue weighted by Crippen LogP contribution is -3.00. The molecule has 0 aliphatic rings. The first-order chi connectivity index (χ1) is 8.94. The van der Waals surface area contributed by atoms with Crippen molar-refractivity contribution in [3.63, 3.8) is 0 Å². The Labute approximate surface area is 112 Å². The Balaban J connectivity index is 2.64. The van der Waals surface area contributed by atoms with E-state index in [1.165, 1.54) is 0 Å². The predicted octanol–water partition coefficient (Wildman–Crippen LogP) is 1.74. The molecule has 0 heterocycles. The summed E-state index contributed by atoms with van der Waals surface area (Å²) in [4.78, 5) is 10.6. The fourth-order valence-corrected chi connectivity index (χ4v) is 2.44. The molecule has 0 saturated carbocycles. The number of benzene rings is 2. The van der Waals surface area contributed by atoms with Crippen LogP contribution in [-0.4, -0.2) is 26.1 Å². The van der Waals surface area contributed by atoms with Gasteiger partial charge in [-0.3, -0.25) is 9.42 Å². The van der Waals surface area contributed by atoms with Crippen LogP contribution in [0, 0.1) is 0 Å². The average Bonchev–Trinajstić information content (AvgIpc) is 2.38.